The highest BCUT2D eigenvalue weighted by atomic mass is 127. The minimum Gasteiger partial charge on any atom is -0.496 e. The van der Waals surface area contributed by atoms with Gasteiger partial charge in [0.25, 0.3) is 0 Å². The Bertz CT molecular complexity index is 606. The van der Waals surface area contributed by atoms with Gasteiger partial charge < -0.3 is 9.47 Å². The van der Waals surface area contributed by atoms with E-state index in [1.165, 1.54) is 0 Å². The number of ether oxygens (including phenoxy) is 2. The Hall–Kier alpha value is -1.56. The zero-order valence-electron chi connectivity index (χ0n) is 11.4. The lowest BCUT2D eigenvalue weighted by Crippen LogP contribution is -2.01. The van der Waals surface area contributed by atoms with Gasteiger partial charge in [-0.25, -0.2) is 0 Å². The van der Waals surface area contributed by atoms with Crippen molar-refractivity contribution in [1.29, 1.82) is 0 Å². The minimum absolute atomic E-state index is 0.0307. The van der Waals surface area contributed by atoms with Crippen molar-refractivity contribution < 1.29 is 14.3 Å². The number of rotatable bonds is 5. The molecule has 104 valence electrons. The molecule has 0 aliphatic carbocycles. The van der Waals surface area contributed by atoms with Gasteiger partial charge in [0.05, 0.1) is 7.11 Å². The van der Waals surface area contributed by atoms with Gasteiger partial charge in [0.15, 0.2) is 5.78 Å². The third-order valence-corrected chi connectivity index (χ3v) is 3.61. The van der Waals surface area contributed by atoms with E-state index in [0.717, 1.165) is 20.6 Å². The summed E-state index contributed by atoms with van der Waals surface area (Å²) in [5.74, 6) is 1.55. The quantitative estimate of drug-likeness (QED) is 0.578. The van der Waals surface area contributed by atoms with Gasteiger partial charge in [0.1, 0.15) is 18.1 Å². The summed E-state index contributed by atoms with van der Waals surface area (Å²) in [6.07, 6.45) is 0. The van der Waals surface area contributed by atoms with E-state index >= 15 is 0 Å². The smallest absolute Gasteiger partial charge is 0.159 e. The monoisotopic (exact) mass is 382 g/mol. The molecule has 0 aliphatic heterocycles. The van der Waals surface area contributed by atoms with Crippen LogP contribution in [0.4, 0.5) is 0 Å². The van der Waals surface area contributed by atoms with Crippen LogP contribution in [0, 0.1) is 3.57 Å². The van der Waals surface area contributed by atoms with E-state index in [-0.39, 0.29) is 5.78 Å². The molecule has 0 spiro atoms. The van der Waals surface area contributed by atoms with Crippen molar-refractivity contribution in [3.63, 3.8) is 0 Å². The van der Waals surface area contributed by atoms with Crippen LogP contribution in [0.3, 0.4) is 0 Å². The number of hydrogen-bond donors (Lipinski definition) is 0. The normalized spacial score (nSPS) is 10.2. The number of hydrogen-bond acceptors (Lipinski definition) is 3. The molecular weight excluding hydrogens is 367 g/mol. The van der Waals surface area contributed by atoms with E-state index in [0.29, 0.717) is 12.2 Å². The summed E-state index contributed by atoms with van der Waals surface area (Å²) in [7, 11) is 1.61. The molecule has 0 aliphatic rings. The zero-order chi connectivity index (χ0) is 14.5. The van der Waals surface area contributed by atoms with Crippen LogP contribution in [0.5, 0.6) is 11.5 Å². The maximum Gasteiger partial charge on any atom is 0.159 e. The Morgan fingerprint density at radius 1 is 1.15 bits per heavy atom. The number of carbonyl (C=O) groups excluding carboxylic acids is 1. The number of methoxy groups -OCH3 is 1. The lowest BCUT2D eigenvalue weighted by molar-refractivity contribution is 0.101. The molecule has 0 unspecified atom stereocenters. The van der Waals surface area contributed by atoms with Crippen molar-refractivity contribution in [3.05, 3.63) is 57.2 Å². The summed E-state index contributed by atoms with van der Waals surface area (Å²) in [6.45, 7) is 1.91. The molecule has 0 bridgehead atoms. The molecule has 20 heavy (non-hydrogen) atoms. The average Bonchev–Trinajstić information content (AvgIpc) is 2.46. The highest BCUT2D eigenvalue weighted by molar-refractivity contribution is 14.1. The second-order valence-corrected chi connectivity index (χ2v) is 5.57. The van der Waals surface area contributed by atoms with Gasteiger partial charge in [-0.2, -0.15) is 0 Å². The Balaban J connectivity index is 2.16. The lowest BCUT2D eigenvalue weighted by atomic mass is 10.1. The van der Waals surface area contributed by atoms with Crippen molar-refractivity contribution >= 4 is 28.4 Å². The van der Waals surface area contributed by atoms with Crippen molar-refractivity contribution in [3.8, 4) is 11.5 Å². The van der Waals surface area contributed by atoms with E-state index in [4.69, 9.17) is 9.47 Å². The highest BCUT2D eigenvalue weighted by Crippen LogP contribution is 2.23. The van der Waals surface area contributed by atoms with Gasteiger partial charge in [-0.05, 0) is 72.0 Å². The van der Waals surface area contributed by atoms with E-state index in [1.54, 1.807) is 26.2 Å². The topological polar surface area (TPSA) is 35.5 Å². The zero-order valence-corrected chi connectivity index (χ0v) is 13.5. The van der Waals surface area contributed by atoms with Crippen LogP contribution in [-0.2, 0) is 6.61 Å². The van der Waals surface area contributed by atoms with E-state index < -0.39 is 0 Å². The molecule has 2 aromatic carbocycles. The highest BCUT2D eigenvalue weighted by Gasteiger charge is 2.08. The number of ketones is 1. The second kappa shape index (κ2) is 6.74. The molecule has 0 radical (unpaired) electrons. The predicted molar refractivity (Wildman–Crippen MR) is 86.5 cm³/mol. The molecule has 3 nitrogen and oxygen atoms in total. The SMILES string of the molecule is COc1ccc(C(C)=O)cc1COc1ccc(I)cc1. The van der Waals surface area contributed by atoms with Crippen molar-refractivity contribution in [2.24, 2.45) is 0 Å². The minimum atomic E-state index is 0.0307. The summed E-state index contributed by atoms with van der Waals surface area (Å²) in [6, 6.07) is 13.2. The number of benzene rings is 2. The van der Waals surface area contributed by atoms with Crippen molar-refractivity contribution in [2.75, 3.05) is 7.11 Å². The summed E-state index contributed by atoms with van der Waals surface area (Å²) < 4.78 is 12.2. The molecular formula is C16H15IO3. The van der Waals surface area contributed by atoms with E-state index in [1.807, 2.05) is 30.3 Å². The van der Waals surface area contributed by atoms with Gasteiger partial charge in [0.2, 0.25) is 0 Å². The number of halogens is 1. The summed E-state index contributed by atoms with van der Waals surface area (Å²) >= 11 is 2.25. The molecule has 2 aromatic rings. The predicted octanol–water partition coefficient (Wildman–Crippen LogP) is 4.08. The van der Waals surface area contributed by atoms with Gasteiger partial charge >= 0.3 is 0 Å². The number of Topliss-reactive ketones (excluding diaryl/α,β-unsaturated/α-hetero) is 1. The molecule has 0 saturated heterocycles. The second-order valence-electron chi connectivity index (χ2n) is 4.33. The van der Waals surface area contributed by atoms with Crippen molar-refractivity contribution in [2.45, 2.75) is 13.5 Å². The molecule has 0 atom stereocenters. The lowest BCUT2D eigenvalue weighted by Gasteiger charge is -2.11. The van der Waals surface area contributed by atoms with Crippen LogP contribution < -0.4 is 9.47 Å². The Labute approximate surface area is 132 Å². The van der Waals surface area contributed by atoms with Gasteiger partial charge in [-0.1, -0.05) is 0 Å². The summed E-state index contributed by atoms with van der Waals surface area (Å²) in [4.78, 5) is 11.4. The van der Waals surface area contributed by atoms with Crippen LogP contribution in [0.15, 0.2) is 42.5 Å². The first-order valence-corrected chi connectivity index (χ1v) is 7.24. The van der Waals surface area contributed by atoms with Crippen LogP contribution in [-0.4, -0.2) is 12.9 Å². The van der Waals surface area contributed by atoms with Gasteiger partial charge in [-0.3, -0.25) is 4.79 Å². The van der Waals surface area contributed by atoms with E-state index in [2.05, 4.69) is 22.6 Å². The molecule has 2 rings (SSSR count). The molecule has 0 N–H and O–H groups in total. The molecule has 0 fully saturated rings. The van der Waals surface area contributed by atoms with Gasteiger partial charge in [0, 0.05) is 14.7 Å². The first kappa shape index (κ1) is 14.8. The van der Waals surface area contributed by atoms with Gasteiger partial charge in [-0.15, -0.1) is 0 Å². The summed E-state index contributed by atoms with van der Waals surface area (Å²) in [5.41, 5.74) is 1.52. The first-order chi connectivity index (χ1) is 9.60. The molecule has 0 heterocycles. The van der Waals surface area contributed by atoms with E-state index in [9.17, 15) is 4.79 Å². The molecule has 0 saturated carbocycles. The Morgan fingerprint density at radius 3 is 2.45 bits per heavy atom. The van der Waals surface area contributed by atoms with Crippen LogP contribution >= 0.6 is 22.6 Å². The van der Waals surface area contributed by atoms with Crippen LogP contribution in [0.25, 0.3) is 0 Å². The number of carbonyl (C=O) groups is 1. The standard InChI is InChI=1S/C16H15IO3/c1-11(18)12-3-8-16(19-2)13(9-12)10-20-15-6-4-14(17)5-7-15/h3-9H,10H2,1-2H3. The molecule has 0 aromatic heterocycles. The average molecular weight is 382 g/mol. The maximum absolute atomic E-state index is 11.4. The maximum atomic E-state index is 11.4. The fourth-order valence-electron chi connectivity index (χ4n) is 1.80. The largest absolute Gasteiger partial charge is 0.496 e. The molecule has 4 heteroatoms. The fraction of sp³-hybridized carbons (Fsp3) is 0.188. The summed E-state index contributed by atoms with van der Waals surface area (Å²) in [5, 5.41) is 0. The fourth-order valence-corrected chi connectivity index (χ4v) is 2.16. The van der Waals surface area contributed by atoms with Crippen LogP contribution in [0.2, 0.25) is 0 Å². The third kappa shape index (κ3) is 3.72. The molecule has 0 amide bonds. The first-order valence-electron chi connectivity index (χ1n) is 6.16. The Kier molecular flexibility index (Phi) is 5.00. The Morgan fingerprint density at radius 2 is 1.85 bits per heavy atom. The third-order valence-electron chi connectivity index (χ3n) is 2.89. The van der Waals surface area contributed by atoms with Crippen LogP contribution in [0.1, 0.15) is 22.8 Å². The van der Waals surface area contributed by atoms with Crippen molar-refractivity contribution in [1.82, 2.24) is 0 Å².